The average Bonchev–Trinajstić information content (AvgIpc) is 3.04. The van der Waals surface area contributed by atoms with Gasteiger partial charge in [-0.05, 0) is 49.5 Å². The van der Waals surface area contributed by atoms with Crippen LogP contribution in [0.2, 0.25) is 0 Å². The molecule has 0 unspecified atom stereocenters. The summed E-state index contributed by atoms with van der Waals surface area (Å²) in [7, 11) is 0. The summed E-state index contributed by atoms with van der Waals surface area (Å²) in [6.45, 7) is 5.53. The summed E-state index contributed by atoms with van der Waals surface area (Å²) in [5.74, 6) is -1.76. The monoisotopic (exact) mass is 512 g/mol. The topological polar surface area (TPSA) is 131 Å². The van der Waals surface area contributed by atoms with Gasteiger partial charge in [-0.15, -0.1) is 0 Å². The highest BCUT2D eigenvalue weighted by molar-refractivity contribution is 14.1. The van der Waals surface area contributed by atoms with Crippen LogP contribution in [0.1, 0.15) is 32.6 Å². The van der Waals surface area contributed by atoms with Crippen LogP contribution < -0.4 is 5.32 Å². The van der Waals surface area contributed by atoms with E-state index in [1.54, 1.807) is 35.6 Å². The molecular formula is C21H25IN2O5. The molecule has 1 spiro atoms. The molecule has 0 aromatic carbocycles. The average molecular weight is 512 g/mol. The number of allylic oxidation sites excluding steroid dienone is 1. The smallest absolute Gasteiger partial charge is 0.225 e. The van der Waals surface area contributed by atoms with Gasteiger partial charge < -0.3 is 20.6 Å². The molecule has 3 fully saturated rings. The second-order valence-electron chi connectivity index (χ2n) is 9.30. The zero-order valence-electron chi connectivity index (χ0n) is 16.2. The molecule has 4 N–H and O–H groups in total. The van der Waals surface area contributed by atoms with E-state index in [4.69, 9.17) is 5.26 Å². The molecule has 0 heterocycles. The Bertz CT molecular complexity index is 881. The standard InChI is InChI=1S/C21H25IN2O5/c1-10-8-20-9-21(10,29)4-3-12(20)11-7-13(25)16(26)19(2,18(22)28)14(11)15(20)17(27)24-6-5-23/h7,12-16,25-26,29H,1,3-4,6,8-9H2,2H3,(H,24,27)/t12-,13+,14+,15+,16-,19-,20-,21-/m0/s1. The molecular weight excluding hydrogens is 487 g/mol. The number of fused-ring (bicyclic) bond motifs is 3. The first-order valence-corrected chi connectivity index (χ1v) is 10.9. The van der Waals surface area contributed by atoms with Gasteiger partial charge in [-0.3, -0.25) is 9.59 Å². The molecule has 1 amide bonds. The van der Waals surface area contributed by atoms with Crippen molar-refractivity contribution in [3.05, 3.63) is 23.8 Å². The number of nitrogens with zero attached hydrogens (tertiary/aromatic N) is 1. The zero-order chi connectivity index (χ0) is 21.4. The van der Waals surface area contributed by atoms with Gasteiger partial charge in [0.05, 0.1) is 35.2 Å². The first-order valence-electron chi connectivity index (χ1n) is 9.86. The molecule has 0 aromatic heterocycles. The van der Waals surface area contributed by atoms with E-state index in [2.05, 4.69) is 11.9 Å². The van der Waals surface area contributed by atoms with Crippen LogP contribution in [0.15, 0.2) is 23.8 Å². The second-order valence-corrected chi connectivity index (χ2v) is 10.3. The van der Waals surface area contributed by atoms with Crippen molar-refractivity contribution in [3.63, 3.8) is 0 Å². The quantitative estimate of drug-likeness (QED) is 0.193. The zero-order valence-corrected chi connectivity index (χ0v) is 18.3. The van der Waals surface area contributed by atoms with Gasteiger partial charge in [0.15, 0.2) is 0 Å². The molecule has 0 radical (unpaired) electrons. The maximum Gasteiger partial charge on any atom is 0.225 e. The van der Waals surface area contributed by atoms with E-state index < -0.39 is 40.5 Å². The molecule has 2 bridgehead atoms. The number of aliphatic hydroxyl groups excluding tert-OH is 2. The number of rotatable bonds is 3. The Hall–Kier alpha value is -1.28. The first kappa shape index (κ1) is 21.0. The van der Waals surface area contributed by atoms with Gasteiger partial charge in [-0.25, -0.2) is 0 Å². The van der Waals surface area contributed by atoms with Gasteiger partial charge >= 0.3 is 0 Å². The normalized spacial score (nSPS) is 47.7. The third-order valence-electron chi connectivity index (χ3n) is 8.07. The third-order valence-corrected chi connectivity index (χ3v) is 9.23. The van der Waals surface area contributed by atoms with Crippen LogP contribution in [0.5, 0.6) is 0 Å². The Kier molecular flexibility index (Phi) is 4.78. The van der Waals surface area contributed by atoms with Crippen molar-refractivity contribution in [2.75, 3.05) is 6.54 Å². The SMILES string of the molecule is C=C1C[C@]23C[C@@]1(O)CC[C@H]2C1=C[C@@H](O)[C@H](O)[C@@](C)(C(=O)I)[C@H]1[C@@H]3C(=O)NCC#N. The number of hydrogen-bond acceptors (Lipinski definition) is 6. The van der Waals surface area contributed by atoms with E-state index in [0.29, 0.717) is 31.3 Å². The van der Waals surface area contributed by atoms with E-state index in [1.165, 1.54) is 0 Å². The number of aliphatic hydroxyl groups is 3. The molecule has 3 saturated carbocycles. The fraction of sp³-hybridized carbons (Fsp3) is 0.667. The van der Waals surface area contributed by atoms with Gasteiger partial charge in [0, 0.05) is 28.5 Å². The number of carbonyl (C=O) groups is 2. The van der Waals surface area contributed by atoms with Gasteiger partial charge in [0.25, 0.3) is 0 Å². The minimum Gasteiger partial charge on any atom is -0.389 e. The highest BCUT2D eigenvalue weighted by Gasteiger charge is 2.73. The molecule has 0 saturated heterocycles. The molecule has 7 nitrogen and oxygen atoms in total. The van der Waals surface area contributed by atoms with Crippen LogP contribution in [-0.4, -0.2) is 49.4 Å². The van der Waals surface area contributed by atoms with Crippen LogP contribution in [0.4, 0.5) is 0 Å². The predicted octanol–water partition coefficient (Wildman–Crippen LogP) is 0.979. The highest BCUT2D eigenvalue weighted by atomic mass is 127. The summed E-state index contributed by atoms with van der Waals surface area (Å²) in [6.07, 6.45) is 1.02. The largest absolute Gasteiger partial charge is 0.389 e. The molecule has 0 aromatic rings. The van der Waals surface area contributed by atoms with Crippen LogP contribution in [-0.2, 0) is 9.59 Å². The Labute approximate surface area is 183 Å². The van der Waals surface area contributed by atoms with Crippen LogP contribution in [0.3, 0.4) is 0 Å². The summed E-state index contributed by atoms with van der Waals surface area (Å²) in [5.41, 5.74) is -1.52. The molecule has 4 aliphatic rings. The molecule has 8 atom stereocenters. The molecule has 4 rings (SSSR count). The Morgan fingerprint density at radius 2 is 2.14 bits per heavy atom. The molecule has 29 heavy (non-hydrogen) atoms. The van der Waals surface area contributed by atoms with Crippen molar-refractivity contribution in [1.29, 1.82) is 5.26 Å². The number of nitriles is 1. The maximum absolute atomic E-state index is 13.3. The summed E-state index contributed by atoms with van der Waals surface area (Å²) in [6, 6.07) is 1.91. The van der Waals surface area contributed by atoms with Crippen LogP contribution in [0.25, 0.3) is 0 Å². The fourth-order valence-corrected chi connectivity index (χ4v) is 7.43. The molecule has 156 valence electrons. The lowest BCUT2D eigenvalue weighted by atomic mass is 9.60. The minimum absolute atomic E-state index is 0.0953. The summed E-state index contributed by atoms with van der Waals surface area (Å²) < 4.78 is -0.322. The summed E-state index contributed by atoms with van der Waals surface area (Å²) in [5, 5.41) is 44.1. The number of halogens is 1. The van der Waals surface area contributed by atoms with Crippen molar-refractivity contribution in [3.8, 4) is 6.07 Å². The number of amides is 1. The summed E-state index contributed by atoms with van der Waals surface area (Å²) >= 11 is 1.64. The van der Waals surface area contributed by atoms with Crippen LogP contribution in [0, 0.1) is 39.9 Å². The highest BCUT2D eigenvalue weighted by Crippen LogP contribution is 2.73. The van der Waals surface area contributed by atoms with Crippen molar-refractivity contribution in [1.82, 2.24) is 5.32 Å². The van der Waals surface area contributed by atoms with Crippen molar-refractivity contribution in [2.24, 2.45) is 28.6 Å². The van der Waals surface area contributed by atoms with Gasteiger partial charge in [-0.2, -0.15) is 5.26 Å². The second kappa shape index (κ2) is 6.61. The molecule has 4 aliphatic carbocycles. The minimum atomic E-state index is -1.35. The Morgan fingerprint density at radius 1 is 1.45 bits per heavy atom. The lowest BCUT2D eigenvalue weighted by Crippen LogP contribution is -2.56. The molecule has 8 heteroatoms. The van der Waals surface area contributed by atoms with E-state index in [0.717, 1.165) is 5.57 Å². The Balaban J connectivity index is 1.93. The van der Waals surface area contributed by atoms with E-state index >= 15 is 0 Å². The lowest BCUT2D eigenvalue weighted by Gasteiger charge is -2.45. The first-order chi connectivity index (χ1) is 13.5. The van der Waals surface area contributed by atoms with Gasteiger partial charge in [0.1, 0.15) is 6.54 Å². The predicted molar refractivity (Wildman–Crippen MR) is 111 cm³/mol. The third kappa shape index (κ3) is 2.57. The fourth-order valence-electron chi connectivity index (χ4n) is 6.78. The van der Waals surface area contributed by atoms with Gasteiger partial charge in [0.2, 0.25) is 9.70 Å². The lowest BCUT2D eigenvalue weighted by molar-refractivity contribution is -0.145. The van der Waals surface area contributed by atoms with E-state index in [9.17, 15) is 24.9 Å². The number of hydrogen-bond donors (Lipinski definition) is 4. The number of nitrogens with one attached hydrogen (secondary N) is 1. The van der Waals surface area contributed by atoms with Gasteiger partial charge in [-0.1, -0.05) is 18.2 Å². The van der Waals surface area contributed by atoms with Crippen molar-refractivity contribution in [2.45, 2.75) is 50.4 Å². The maximum atomic E-state index is 13.3. The summed E-state index contributed by atoms with van der Waals surface area (Å²) in [4.78, 5) is 26.1. The number of carbonyl (C=O) groups excluding carboxylic acids is 2. The van der Waals surface area contributed by atoms with E-state index in [1.807, 2.05) is 6.07 Å². The Morgan fingerprint density at radius 3 is 2.76 bits per heavy atom. The van der Waals surface area contributed by atoms with E-state index in [-0.39, 0.29) is 22.2 Å². The molecule has 0 aliphatic heterocycles. The van der Waals surface area contributed by atoms with Crippen LogP contribution >= 0.6 is 22.6 Å². The van der Waals surface area contributed by atoms with Crippen molar-refractivity contribution >= 4 is 32.3 Å². The van der Waals surface area contributed by atoms with Crippen molar-refractivity contribution < 1.29 is 24.9 Å².